The number of hydrogen-bond acceptors (Lipinski definition) is 32. The zero-order valence-electron chi connectivity index (χ0n) is 43.4. The predicted molar refractivity (Wildman–Crippen MR) is 275 cm³/mol. The first kappa shape index (κ1) is 63.0. The number of nitrogens with two attached hydrogens (primary N) is 3. The first-order chi connectivity index (χ1) is 40.4. The van der Waals surface area contributed by atoms with Gasteiger partial charge in [0.1, 0.15) is 91.0 Å². The van der Waals surface area contributed by atoms with Crippen molar-refractivity contribution in [2.75, 3.05) is 43.6 Å². The van der Waals surface area contributed by atoms with Crippen molar-refractivity contribution in [2.45, 2.75) is 105 Å². The summed E-state index contributed by atoms with van der Waals surface area (Å²) >= 11 is 0. The van der Waals surface area contributed by atoms with Gasteiger partial charge in [-0.1, -0.05) is 0 Å². The maximum absolute atomic E-state index is 14.0. The lowest BCUT2D eigenvalue weighted by Gasteiger charge is -2.26. The van der Waals surface area contributed by atoms with Crippen LogP contribution in [0.2, 0.25) is 0 Å². The fourth-order valence-electron chi connectivity index (χ4n) is 9.50. The molecular formula is C39H51N15O28P4. The fourth-order valence-corrected chi connectivity index (χ4v) is 12.7. The van der Waals surface area contributed by atoms with Crippen LogP contribution in [0.5, 0.6) is 0 Å². The zero-order valence-corrected chi connectivity index (χ0v) is 47.0. The Hall–Kier alpha value is -6.02. The van der Waals surface area contributed by atoms with E-state index in [2.05, 4.69) is 39.4 Å². The monoisotopic (exact) mass is 1300 g/mol. The van der Waals surface area contributed by atoms with Crippen LogP contribution in [0.15, 0.2) is 56.6 Å². The van der Waals surface area contributed by atoms with Crippen LogP contribution in [0, 0.1) is 6.92 Å². The molecule has 0 saturated carbocycles. The van der Waals surface area contributed by atoms with Gasteiger partial charge in [-0.25, -0.2) is 47.8 Å². The van der Waals surface area contributed by atoms with Crippen LogP contribution in [0.25, 0.3) is 22.3 Å². The second-order valence-corrected chi connectivity index (χ2v) is 24.7. The lowest BCUT2D eigenvalue weighted by molar-refractivity contribution is -0.0650. The van der Waals surface area contributed by atoms with Gasteiger partial charge in [0.2, 0.25) is 5.95 Å². The molecular weight excluding hydrogens is 1250 g/mol. The van der Waals surface area contributed by atoms with Gasteiger partial charge in [0.15, 0.2) is 41.3 Å². The molecule has 6 aromatic rings. The first-order valence-electron chi connectivity index (χ1n) is 24.7. The van der Waals surface area contributed by atoms with E-state index in [1.54, 1.807) is 0 Å². The molecule has 86 heavy (non-hydrogen) atoms. The molecule has 18 atom stereocenters. The average molecular weight is 1300 g/mol. The minimum atomic E-state index is -5.63. The van der Waals surface area contributed by atoms with E-state index in [1.807, 2.05) is 4.98 Å². The largest absolute Gasteiger partial charge is 0.472 e. The van der Waals surface area contributed by atoms with E-state index >= 15 is 0 Å². The van der Waals surface area contributed by atoms with Gasteiger partial charge in [0.05, 0.1) is 39.1 Å². The molecule has 0 aromatic carbocycles. The number of fused-ring (bicyclic) bond motifs is 2. The van der Waals surface area contributed by atoms with E-state index in [1.165, 1.54) is 6.92 Å². The Morgan fingerprint density at radius 2 is 1.15 bits per heavy atom. The Labute approximate surface area is 475 Å². The number of ether oxygens (including phenoxy) is 4. The van der Waals surface area contributed by atoms with Crippen LogP contribution in [-0.4, -0.2) is 197 Å². The number of nitrogens with zero attached hydrogens (tertiary/aromatic N) is 10. The van der Waals surface area contributed by atoms with Gasteiger partial charge in [-0.2, -0.15) is 9.97 Å². The van der Waals surface area contributed by atoms with E-state index in [9.17, 15) is 82.3 Å². The summed E-state index contributed by atoms with van der Waals surface area (Å²) in [6.07, 6.45) is -23.0. The number of rotatable bonds is 22. The highest BCUT2D eigenvalue weighted by Gasteiger charge is 2.54. The number of H-pyrrole nitrogens is 2. The average Bonchev–Trinajstić information content (AvgIpc) is 2.50. The molecule has 4 fully saturated rings. The Morgan fingerprint density at radius 1 is 0.605 bits per heavy atom. The molecule has 4 aliphatic heterocycles. The molecule has 0 radical (unpaired) electrons. The van der Waals surface area contributed by atoms with Crippen LogP contribution < -0.4 is 39.7 Å². The molecule has 0 spiro atoms. The molecule has 4 aliphatic rings. The van der Waals surface area contributed by atoms with Gasteiger partial charge in [-0.15, -0.1) is 0 Å². The third kappa shape index (κ3) is 13.4. The van der Waals surface area contributed by atoms with Crippen LogP contribution in [0.4, 0.5) is 17.6 Å². The van der Waals surface area contributed by atoms with Crippen LogP contribution >= 0.6 is 31.3 Å². The highest BCUT2D eigenvalue weighted by Crippen LogP contribution is 2.54. The number of aromatic nitrogens is 12. The number of nitrogens with one attached hydrogen (secondary N) is 2. The number of nitrogen functional groups attached to an aromatic ring is 3. The summed E-state index contributed by atoms with van der Waals surface area (Å²) in [5.74, 6) is -0.720. The number of aryl methyl sites for hydroxylation is 1. The molecule has 10 rings (SSSR count). The zero-order chi connectivity index (χ0) is 62.1. The third-order valence-corrected chi connectivity index (χ3v) is 17.0. The molecule has 47 heteroatoms. The third-order valence-electron chi connectivity index (χ3n) is 13.5. The Balaban J connectivity index is 0.847. The lowest BCUT2D eigenvalue weighted by Crippen LogP contribution is -2.38. The van der Waals surface area contributed by atoms with Gasteiger partial charge in [0.25, 0.3) is 11.1 Å². The van der Waals surface area contributed by atoms with Crippen molar-refractivity contribution in [1.82, 2.24) is 58.1 Å². The van der Waals surface area contributed by atoms with E-state index in [-0.39, 0.29) is 45.5 Å². The quantitative estimate of drug-likeness (QED) is 0.0283. The van der Waals surface area contributed by atoms with Crippen LogP contribution in [0.3, 0.4) is 0 Å². The van der Waals surface area contributed by atoms with E-state index < -0.39 is 179 Å². The second-order valence-electron chi connectivity index (χ2n) is 19.3. The van der Waals surface area contributed by atoms with Crippen LogP contribution in [0.1, 0.15) is 36.9 Å². The van der Waals surface area contributed by atoms with Crippen LogP contribution in [-0.2, 0) is 68.9 Å². The van der Waals surface area contributed by atoms with Gasteiger partial charge >= 0.3 is 42.7 Å². The minimum Gasteiger partial charge on any atom is -0.387 e. The first-order valence-corrected chi connectivity index (χ1v) is 30.7. The summed E-state index contributed by atoms with van der Waals surface area (Å²) in [6, 6.07) is 1.10. The molecule has 0 bridgehead atoms. The number of imidazole rings is 2. The normalized spacial score (nSPS) is 30.9. The summed E-state index contributed by atoms with van der Waals surface area (Å²) in [5, 5.41) is 44.7. The van der Waals surface area contributed by atoms with E-state index in [0.717, 1.165) is 51.1 Å². The molecule has 4 saturated heterocycles. The molecule has 0 aliphatic carbocycles. The maximum Gasteiger partial charge on any atom is 0.472 e. The number of aliphatic hydroxyl groups is 4. The van der Waals surface area contributed by atoms with Crippen molar-refractivity contribution >= 4 is 71.2 Å². The number of anilines is 3. The highest BCUT2D eigenvalue weighted by molar-refractivity contribution is 7.48. The van der Waals surface area contributed by atoms with Crippen molar-refractivity contribution < 1.29 is 114 Å². The second kappa shape index (κ2) is 24.2. The van der Waals surface area contributed by atoms with Gasteiger partial charge < -0.3 is 81.0 Å². The molecule has 470 valence electrons. The summed E-state index contributed by atoms with van der Waals surface area (Å²) in [5.41, 5.74) is 12.9. The van der Waals surface area contributed by atoms with E-state index in [0.29, 0.717) is 4.57 Å². The van der Waals surface area contributed by atoms with Crippen molar-refractivity contribution in [3.63, 3.8) is 0 Å². The number of aromatic amines is 2. The van der Waals surface area contributed by atoms with Gasteiger partial charge in [-0.05, 0) is 13.0 Å². The highest BCUT2D eigenvalue weighted by atomic mass is 31.2. The Bertz CT molecular complexity index is 3970. The lowest BCUT2D eigenvalue weighted by atomic mass is 10.1. The van der Waals surface area contributed by atoms with Crippen molar-refractivity contribution in [1.29, 1.82) is 0 Å². The molecule has 43 nitrogen and oxygen atoms in total. The topological polar surface area (TPSA) is 627 Å². The van der Waals surface area contributed by atoms with Gasteiger partial charge in [0, 0.05) is 24.4 Å². The number of hydrogen-bond donors (Lipinski definition) is 14. The smallest absolute Gasteiger partial charge is 0.387 e. The fraction of sp³-hybridized carbons (Fsp3) is 0.538. The number of phosphoric ester groups is 4. The summed E-state index contributed by atoms with van der Waals surface area (Å²) in [7, 11) is -22.0. The summed E-state index contributed by atoms with van der Waals surface area (Å²) in [6.45, 7) is -3.21. The summed E-state index contributed by atoms with van der Waals surface area (Å²) < 4.78 is 116. The van der Waals surface area contributed by atoms with E-state index in [4.69, 9.17) is 63.3 Å². The SMILES string of the molecule is Cc1cn([C@H]2C[C@H](OP(=O)(O)OC[C@H]3O[C@@H](n4ccc(N)nc4=O)[C@H](O)[C@@H]3OP(=O)(O)OC[C@H]3O[C@@H](n4cnc5c(=O)[nH]c(N)nc54)[C@H](O)[C@@H]3O)[C@@H](COP(=O)(O)O[C@H]3[C@@H](O)[C@H](n4cnc5c(N)ncnc54)O[C@@H]3COP(=O)(O)O)O2)c(=O)[nH]c1=O. The van der Waals surface area contributed by atoms with Crippen molar-refractivity contribution in [3.8, 4) is 0 Å². The summed E-state index contributed by atoms with van der Waals surface area (Å²) in [4.78, 5) is 130. The minimum absolute atomic E-state index is 0.0272. The number of phosphoric acid groups is 4. The molecule has 3 unspecified atom stereocenters. The maximum atomic E-state index is 14.0. The predicted octanol–water partition coefficient (Wildman–Crippen LogP) is -5.14. The van der Waals surface area contributed by atoms with Gasteiger partial charge in [-0.3, -0.25) is 69.5 Å². The van der Waals surface area contributed by atoms with Crippen molar-refractivity contribution in [3.05, 3.63) is 84.7 Å². The Kier molecular flexibility index (Phi) is 17.7. The molecule has 17 N–H and O–H groups in total. The molecule has 10 heterocycles. The van der Waals surface area contributed by atoms with Crippen molar-refractivity contribution in [2.24, 2.45) is 0 Å². The molecule has 0 amide bonds. The standard InChI is InChI=1S/C39H51N15O28P4/c1-13-5-52(39(62)50-32(13)59)20-4-14(15(76-20)6-73-85(68,69)81-27-17(8-72-83(63,64)65)79-36(26(27)58)53-11-45-21-29(41)43-10-44-30(21)53)80-84(66,67)75-9-18-28(25(57)35(78-18)51-3-2-19(40)47-38(51)61)82-86(70,71)74-7-16-23(55)24(56)34(77-16)54-12-46-22-31(54)48-37(42)49-33(22)60/h2-3,5,10-12,14-18,20,23-28,34-36,55-58H,4,6-9H2,1H3,(H,66,67)(H,68,69)(H,70,71)(H2,40,47,61)(H2,41,43,44)(H,50,59,62)(H2,63,64,65)(H3,42,48,49,60)/t14-,15+,16+,17+,18+,20+,23+,24+,25+,26+,27+,28+,34+,35+,36+/m0/s1. The Morgan fingerprint density at radius 3 is 1.78 bits per heavy atom. The molecule has 6 aromatic heterocycles. The number of aliphatic hydroxyl groups excluding tert-OH is 4.